The van der Waals surface area contributed by atoms with Crippen molar-refractivity contribution in [2.24, 2.45) is 9.98 Å². The molecule has 0 aromatic heterocycles. The van der Waals surface area contributed by atoms with Gasteiger partial charge in [0.05, 0.1) is 5.69 Å². The number of rotatable bonds is 6. The number of amidine groups is 2. The second-order valence-electron chi connectivity index (χ2n) is 9.68. The molecule has 1 saturated heterocycles. The van der Waals surface area contributed by atoms with Gasteiger partial charge in [0.25, 0.3) is 5.91 Å². The zero-order valence-corrected chi connectivity index (χ0v) is 22.2. The molecule has 0 aliphatic carbocycles. The average Bonchev–Trinajstić information content (AvgIpc) is 3.32. The van der Waals surface area contributed by atoms with E-state index in [2.05, 4.69) is 17.0 Å². The summed E-state index contributed by atoms with van der Waals surface area (Å²) in [6.45, 7) is 2.88. The maximum Gasteiger partial charge on any atom is 0.259 e. The number of piperazine rings is 1. The molecular formula is C30H28FN5O2S. The predicted molar refractivity (Wildman–Crippen MR) is 153 cm³/mol. The number of benzene rings is 3. The SMILES string of the molecule is O=C(CCC1N=C2c3ccccc3N=C(SCc3ccccc3F)N2C1=O)N1CCN(c2ccccc2)CC1. The molecule has 1 atom stereocenters. The van der Waals surface area contributed by atoms with Crippen molar-refractivity contribution in [2.75, 3.05) is 31.1 Å². The van der Waals surface area contributed by atoms with Crippen LogP contribution in [-0.2, 0) is 15.3 Å². The number of nitrogens with zero attached hydrogens (tertiary/aromatic N) is 5. The predicted octanol–water partition coefficient (Wildman–Crippen LogP) is 4.85. The Morgan fingerprint density at radius 3 is 2.44 bits per heavy atom. The van der Waals surface area contributed by atoms with Gasteiger partial charge in [-0.15, -0.1) is 0 Å². The van der Waals surface area contributed by atoms with Crippen molar-refractivity contribution in [2.45, 2.75) is 24.6 Å². The second kappa shape index (κ2) is 11.0. The minimum Gasteiger partial charge on any atom is -0.368 e. The van der Waals surface area contributed by atoms with Crippen molar-refractivity contribution in [1.29, 1.82) is 0 Å². The molecule has 3 aromatic carbocycles. The van der Waals surface area contributed by atoms with Crippen molar-refractivity contribution in [3.8, 4) is 0 Å². The van der Waals surface area contributed by atoms with Crippen molar-refractivity contribution in [3.05, 3.63) is 95.8 Å². The summed E-state index contributed by atoms with van der Waals surface area (Å²) in [6.07, 6.45) is 0.590. The van der Waals surface area contributed by atoms with Crippen LogP contribution in [0.25, 0.3) is 0 Å². The Bertz CT molecular complexity index is 1450. The van der Waals surface area contributed by atoms with Gasteiger partial charge in [0, 0.05) is 49.6 Å². The smallest absolute Gasteiger partial charge is 0.259 e. The third-order valence-corrected chi connectivity index (χ3v) is 8.24. The third kappa shape index (κ3) is 5.18. The van der Waals surface area contributed by atoms with Crippen LogP contribution in [0.4, 0.5) is 15.8 Å². The summed E-state index contributed by atoms with van der Waals surface area (Å²) in [7, 11) is 0. The molecule has 198 valence electrons. The zero-order valence-electron chi connectivity index (χ0n) is 21.4. The second-order valence-corrected chi connectivity index (χ2v) is 10.6. The van der Waals surface area contributed by atoms with Crippen LogP contribution in [-0.4, -0.2) is 64.8 Å². The first kappa shape index (κ1) is 25.3. The first-order valence-electron chi connectivity index (χ1n) is 13.1. The maximum atomic E-state index is 14.2. The summed E-state index contributed by atoms with van der Waals surface area (Å²) in [4.78, 5) is 41.8. The van der Waals surface area contributed by atoms with Crippen LogP contribution in [0.3, 0.4) is 0 Å². The summed E-state index contributed by atoms with van der Waals surface area (Å²) in [5, 5.41) is 0.478. The number of halogens is 1. The lowest BCUT2D eigenvalue weighted by atomic mass is 10.1. The molecule has 1 fully saturated rings. The number of aliphatic imine (C=N–C) groups is 2. The Balaban J connectivity index is 1.12. The van der Waals surface area contributed by atoms with Crippen molar-refractivity contribution < 1.29 is 14.0 Å². The Kier molecular flexibility index (Phi) is 7.15. The molecule has 9 heteroatoms. The number of carbonyl (C=O) groups excluding carboxylic acids is 2. The maximum absolute atomic E-state index is 14.2. The van der Waals surface area contributed by atoms with Gasteiger partial charge in [-0.25, -0.2) is 14.3 Å². The molecular weight excluding hydrogens is 513 g/mol. The Morgan fingerprint density at radius 2 is 1.64 bits per heavy atom. The average molecular weight is 542 g/mol. The van der Waals surface area contributed by atoms with E-state index in [0.29, 0.717) is 41.8 Å². The Labute approximate surface area is 231 Å². The Morgan fingerprint density at radius 1 is 0.923 bits per heavy atom. The van der Waals surface area contributed by atoms with Crippen LogP contribution < -0.4 is 4.90 Å². The van der Waals surface area contributed by atoms with Crippen LogP contribution in [0.1, 0.15) is 24.0 Å². The number of hydrogen-bond donors (Lipinski definition) is 0. The molecule has 0 bridgehead atoms. The lowest BCUT2D eigenvalue weighted by Crippen LogP contribution is -2.49. The van der Waals surface area contributed by atoms with Gasteiger partial charge in [-0.2, -0.15) is 0 Å². The molecule has 3 heterocycles. The minimum absolute atomic E-state index is 0.0452. The number of para-hydroxylation sites is 2. The standard InChI is InChI=1S/C30H28FN5O2S/c31-24-12-6-4-8-21(24)20-39-30-33-25-13-7-5-11-23(25)28-32-26(29(38)36(28)30)14-15-27(37)35-18-16-34(17-19-35)22-9-2-1-3-10-22/h1-13,26H,14-20H2. The van der Waals surface area contributed by atoms with Gasteiger partial charge in [-0.05, 0) is 42.3 Å². The van der Waals surface area contributed by atoms with E-state index in [4.69, 9.17) is 9.98 Å². The number of amides is 2. The Hall–Kier alpha value is -3.98. The zero-order chi connectivity index (χ0) is 26.8. The number of carbonyl (C=O) groups is 2. The summed E-state index contributed by atoms with van der Waals surface area (Å²) >= 11 is 1.31. The summed E-state index contributed by atoms with van der Waals surface area (Å²) in [5.41, 5.74) is 3.22. The highest BCUT2D eigenvalue weighted by Crippen LogP contribution is 2.35. The number of thioether (sulfide) groups is 1. The first-order valence-corrected chi connectivity index (χ1v) is 14.1. The molecule has 1 unspecified atom stereocenters. The molecule has 0 saturated carbocycles. The summed E-state index contributed by atoms with van der Waals surface area (Å²) in [5.74, 6) is 0.452. The summed E-state index contributed by atoms with van der Waals surface area (Å²) in [6, 6.07) is 23.7. The lowest BCUT2D eigenvalue weighted by molar-refractivity contribution is -0.131. The van der Waals surface area contributed by atoms with Gasteiger partial charge >= 0.3 is 0 Å². The molecule has 3 aromatic rings. The van der Waals surface area contributed by atoms with Crippen molar-refractivity contribution in [1.82, 2.24) is 9.80 Å². The molecule has 0 radical (unpaired) electrons. The molecule has 39 heavy (non-hydrogen) atoms. The van der Waals surface area contributed by atoms with E-state index in [-0.39, 0.29) is 24.1 Å². The number of anilines is 1. The normalized spacial score (nSPS) is 18.4. The fraction of sp³-hybridized carbons (Fsp3) is 0.267. The first-order chi connectivity index (χ1) is 19.1. The van der Waals surface area contributed by atoms with Gasteiger partial charge in [0.1, 0.15) is 17.7 Å². The van der Waals surface area contributed by atoms with Crippen LogP contribution in [0.5, 0.6) is 0 Å². The summed E-state index contributed by atoms with van der Waals surface area (Å²) < 4.78 is 14.2. The molecule has 0 N–H and O–H groups in total. The molecule has 3 aliphatic rings. The van der Waals surface area contributed by atoms with E-state index >= 15 is 0 Å². The van der Waals surface area contributed by atoms with Crippen molar-refractivity contribution >= 4 is 46.0 Å². The van der Waals surface area contributed by atoms with E-state index in [1.165, 1.54) is 23.5 Å². The van der Waals surface area contributed by atoms with Gasteiger partial charge < -0.3 is 9.80 Å². The highest BCUT2D eigenvalue weighted by atomic mass is 32.2. The largest absolute Gasteiger partial charge is 0.368 e. The van der Waals surface area contributed by atoms with E-state index in [1.807, 2.05) is 47.4 Å². The van der Waals surface area contributed by atoms with Crippen molar-refractivity contribution in [3.63, 3.8) is 0 Å². The highest BCUT2D eigenvalue weighted by Gasteiger charge is 2.41. The van der Waals surface area contributed by atoms with E-state index in [9.17, 15) is 14.0 Å². The van der Waals surface area contributed by atoms with Gasteiger partial charge in [-0.1, -0.05) is 60.3 Å². The van der Waals surface area contributed by atoms with Crippen LogP contribution in [0, 0.1) is 5.82 Å². The lowest BCUT2D eigenvalue weighted by Gasteiger charge is -2.36. The topological polar surface area (TPSA) is 68.6 Å². The van der Waals surface area contributed by atoms with Crippen LogP contribution in [0.2, 0.25) is 0 Å². The van der Waals surface area contributed by atoms with Crippen LogP contribution >= 0.6 is 11.8 Å². The molecule has 3 aliphatic heterocycles. The number of fused-ring (bicyclic) bond motifs is 3. The van der Waals surface area contributed by atoms with Gasteiger partial charge in [0.15, 0.2) is 5.17 Å². The number of hydrogen-bond acceptors (Lipinski definition) is 6. The van der Waals surface area contributed by atoms with E-state index in [0.717, 1.165) is 24.3 Å². The van der Waals surface area contributed by atoms with Crippen LogP contribution in [0.15, 0.2) is 88.8 Å². The monoisotopic (exact) mass is 541 g/mol. The fourth-order valence-corrected chi connectivity index (χ4v) is 6.10. The minimum atomic E-state index is -0.653. The molecule has 0 spiro atoms. The highest BCUT2D eigenvalue weighted by molar-refractivity contribution is 8.13. The molecule has 6 rings (SSSR count). The van der Waals surface area contributed by atoms with Gasteiger partial charge in [-0.3, -0.25) is 14.6 Å². The fourth-order valence-electron chi connectivity index (χ4n) is 5.12. The third-order valence-electron chi connectivity index (χ3n) is 7.25. The molecule has 2 amide bonds. The van der Waals surface area contributed by atoms with E-state index in [1.54, 1.807) is 23.1 Å². The van der Waals surface area contributed by atoms with E-state index < -0.39 is 6.04 Å². The quantitative estimate of drug-likeness (QED) is 0.448. The van der Waals surface area contributed by atoms with Gasteiger partial charge in [0.2, 0.25) is 5.91 Å². The molecule has 7 nitrogen and oxygen atoms in total.